The Bertz CT molecular complexity index is 1310. The van der Waals surface area contributed by atoms with E-state index in [9.17, 15) is 14.7 Å². The van der Waals surface area contributed by atoms with Crippen LogP contribution in [-0.2, 0) is 42.7 Å². The van der Waals surface area contributed by atoms with Crippen molar-refractivity contribution in [2.45, 2.75) is 137 Å². The lowest BCUT2D eigenvalue weighted by atomic mass is 9.75. The molecule has 15 unspecified atom stereocenters. The number of amides is 1. The molecule has 0 aromatic heterocycles. The number of ether oxygens (including phenoxy) is 7. The van der Waals surface area contributed by atoms with E-state index in [4.69, 9.17) is 33.2 Å². The highest BCUT2D eigenvalue weighted by molar-refractivity contribution is 5.72. The van der Waals surface area contributed by atoms with Crippen LogP contribution in [0.15, 0.2) is 60.8 Å². The summed E-state index contributed by atoms with van der Waals surface area (Å²) in [5, 5.41) is 13.5. The van der Waals surface area contributed by atoms with E-state index in [1.165, 1.54) is 13.0 Å². The molecule has 1 amide bonds. The topological polar surface area (TPSA) is 131 Å². The lowest BCUT2D eigenvalue weighted by Crippen LogP contribution is -2.68. The first-order chi connectivity index (χ1) is 22.1. The first-order valence-corrected chi connectivity index (χ1v) is 16.5. The van der Waals surface area contributed by atoms with Crippen molar-refractivity contribution in [1.29, 1.82) is 0 Å². The standard InChI is InChI=1S/C35H45NO10/c1-20(38)36-19-31-22(39)15-27-30(43-31)17-34(2)33(44-27)18-35(3)32(46-34)13-12-26-29(45-35)16-28-25(41-26)11-10-23-24(42-28)9-8-21(40-23)7-5-4-6-14-37/h4-14,21-33,39H,15-19H2,1-3H3,(H,36,38). The molecule has 7 aliphatic heterocycles. The number of carbonyl (C=O) groups is 2. The van der Waals surface area contributed by atoms with E-state index in [1.54, 1.807) is 12.2 Å². The van der Waals surface area contributed by atoms with Gasteiger partial charge < -0.3 is 43.6 Å². The minimum Gasteiger partial charge on any atom is -0.390 e. The van der Waals surface area contributed by atoms with Crippen LogP contribution >= 0.6 is 0 Å². The third kappa shape index (κ3) is 6.36. The molecule has 0 bridgehead atoms. The SMILES string of the molecule is CC(=O)NCC1OC2CC3(C)OC4C=CC5OC6C=CC7OC(C=CC=CC=O)C=CC7OC6CC5OC4(C)CC3OC2CC1O. The Morgan fingerprint density at radius 2 is 1.54 bits per heavy atom. The lowest BCUT2D eigenvalue weighted by Gasteiger charge is -2.58. The molecule has 0 radical (unpaired) electrons. The zero-order chi connectivity index (χ0) is 32.1. The number of hydrogen-bond donors (Lipinski definition) is 2. The quantitative estimate of drug-likeness (QED) is 0.200. The predicted octanol–water partition coefficient (Wildman–Crippen LogP) is 2.18. The Hall–Kier alpha value is -2.48. The van der Waals surface area contributed by atoms with Gasteiger partial charge in [-0.05, 0) is 19.9 Å². The first kappa shape index (κ1) is 32.1. The zero-order valence-corrected chi connectivity index (χ0v) is 26.5. The van der Waals surface area contributed by atoms with Crippen molar-refractivity contribution in [3.8, 4) is 0 Å². The molecule has 0 spiro atoms. The Labute approximate surface area is 269 Å². The Morgan fingerprint density at radius 3 is 2.37 bits per heavy atom. The maximum atomic E-state index is 11.5. The van der Waals surface area contributed by atoms with Crippen molar-refractivity contribution in [2.24, 2.45) is 0 Å². The normalized spacial score (nSPS) is 49.4. The van der Waals surface area contributed by atoms with Gasteiger partial charge >= 0.3 is 0 Å². The van der Waals surface area contributed by atoms with Crippen LogP contribution in [0.3, 0.4) is 0 Å². The van der Waals surface area contributed by atoms with Crippen LogP contribution in [0.4, 0.5) is 0 Å². The number of allylic oxidation sites excluding steroid dienone is 3. The summed E-state index contributed by atoms with van der Waals surface area (Å²) >= 11 is 0. The monoisotopic (exact) mass is 639 g/mol. The van der Waals surface area contributed by atoms with Gasteiger partial charge in [-0.1, -0.05) is 54.7 Å². The van der Waals surface area contributed by atoms with E-state index in [2.05, 4.69) is 31.3 Å². The maximum absolute atomic E-state index is 11.5. The van der Waals surface area contributed by atoms with E-state index < -0.39 is 23.4 Å². The van der Waals surface area contributed by atoms with E-state index in [-0.39, 0.29) is 79.6 Å². The molecule has 15 atom stereocenters. The van der Waals surface area contributed by atoms with E-state index >= 15 is 0 Å². The highest BCUT2D eigenvalue weighted by atomic mass is 16.6. The summed E-state index contributed by atoms with van der Waals surface area (Å²) in [5.41, 5.74) is -1.28. The largest absolute Gasteiger partial charge is 0.390 e. The molecule has 0 aromatic carbocycles. The van der Waals surface area contributed by atoms with Crippen LogP contribution in [0.1, 0.15) is 46.5 Å². The van der Waals surface area contributed by atoms with E-state index in [0.29, 0.717) is 25.7 Å². The molecule has 7 heterocycles. The van der Waals surface area contributed by atoms with Crippen molar-refractivity contribution in [3.63, 3.8) is 0 Å². The lowest BCUT2D eigenvalue weighted by molar-refractivity contribution is -0.332. The van der Waals surface area contributed by atoms with Gasteiger partial charge in [0.1, 0.15) is 42.9 Å². The molecule has 0 saturated carbocycles. The molecular weight excluding hydrogens is 594 g/mol. The summed E-state index contributed by atoms with van der Waals surface area (Å²) < 4.78 is 46.1. The van der Waals surface area contributed by atoms with Gasteiger partial charge in [-0.25, -0.2) is 0 Å². The Morgan fingerprint density at radius 1 is 0.783 bits per heavy atom. The van der Waals surface area contributed by atoms with Gasteiger partial charge in [0.05, 0.1) is 53.9 Å². The number of aliphatic hydroxyl groups is 1. The van der Waals surface area contributed by atoms with Crippen LogP contribution < -0.4 is 5.32 Å². The van der Waals surface area contributed by atoms with Crippen LogP contribution in [0.25, 0.3) is 0 Å². The van der Waals surface area contributed by atoms with E-state index in [1.807, 2.05) is 30.4 Å². The Balaban J connectivity index is 1.03. The molecule has 2 N–H and O–H groups in total. The summed E-state index contributed by atoms with van der Waals surface area (Å²) in [6, 6.07) is 0. The zero-order valence-electron chi connectivity index (χ0n) is 26.5. The number of aldehydes is 1. The summed E-state index contributed by atoms with van der Waals surface area (Å²) in [5.74, 6) is -0.158. The second-order valence-electron chi connectivity index (χ2n) is 13.9. The van der Waals surface area contributed by atoms with Gasteiger partial charge in [-0.3, -0.25) is 9.59 Å². The molecule has 0 aromatic rings. The number of nitrogens with one attached hydrogen (secondary N) is 1. The second kappa shape index (κ2) is 12.9. The van der Waals surface area contributed by atoms with Crippen LogP contribution in [0.5, 0.6) is 0 Å². The van der Waals surface area contributed by atoms with Crippen molar-refractivity contribution >= 4 is 12.2 Å². The highest BCUT2D eigenvalue weighted by Crippen LogP contribution is 2.49. The fraction of sp³-hybridized carbons (Fsp3) is 0.657. The summed E-state index contributed by atoms with van der Waals surface area (Å²) in [4.78, 5) is 22.0. The van der Waals surface area contributed by atoms with Gasteiger partial charge in [-0.2, -0.15) is 0 Å². The average molecular weight is 640 g/mol. The highest BCUT2D eigenvalue weighted by Gasteiger charge is 2.60. The summed E-state index contributed by atoms with van der Waals surface area (Å²) in [6.07, 6.45) is 18.0. The molecule has 4 fully saturated rings. The minimum atomic E-state index is -0.735. The van der Waals surface area contributed by atoms with Crippen LogP contribution in [-0.4, -0.2) is 114 Å². The number of carbonyl (C=O) groups excluding carboxylic acids is 2. The van der Waals surface area contributed by atoms with Crippen molar-refractivity contribution in [1.82, 2.24) is 5.32 Å². The maximum Gasteiger partial charge on any atom is 0.216 e. The smallest absolute Gasteiger partial charge is 0.216 e. The number of rotatable bonds is 5. The first-order valence-electron chi connectivity index (χ1n) is 16.5. The number of fused-ring (bicyclic) bond motifs is 6. The van der Waals surface area contributed by atoms with Crippen molar-refractivity contribution in [2.75, 3.05) is 6.54 Å². The van der Waals surface area contributed by atoms with Gasteiger partial charge in [0.2, 0.25) is 5.91 Å². The molecule has 11 heteroatoms. The molecule has 11 nitrogen and oxygen atoms in total. The van der Waals surface area contributed by atoms with E-state index in [0.717, 1.165) is 6.29 Å². The van der Waals surface area contributed by atoms with Crippen molar-refractivity contribution in [3.05, 3.63) is 60.8 Å². The van der Waals surface area contributed by atoms with Crippen molar-refractivity contribution < 1.29 is 47.9 Å². The summed E-state index contributed by atoms with van der Waals surface area (Å²) in [6.45, 7) is 5.86. The Kier molecular flexibility index (Phi) is 8.96. The minimum absolute atomic E-state index is 0.158. The van der Waals surface area contributed by atoms with Gasteiger partial charge in [0.25, 0.3) is 0 Å². The fourth-order valence-corrected chi connectivity index (χ4v) is 7.95. The van der Waals surface area contributed by atoms with Gasteiger partial charge in [0.15, 0.2) is 0 Å². The molecule has 46 heavy (non-hydrogen) atoms. The number of hydrogen-bond acceptors (Lipinski definition) is 10. The van der Waals surface area contributed by atoms with Crippen LogP contribution in [0.2, 0.25) is 0 Å². The molecule has 250 valence electrons. The number of aliphatic hydroxyl groups excluding tert-OH is 1. The molecular formula is C35H45NO10. The van der Waals surface area contributed by atoms with Gasteiger partial charge in [0, 0.05) is 39.2 Å². The fourth-order valence-electron chi connectivity index (χ4n) is 7.95. The molecule has 4 saturated heterocycles. The van der Waals surface area contributed by atoms with Gasteiger partial charge in [-0.15, -0.1) is 0 Å². The molecule has 7 aliphatic rings. The average Bonchev–Trinajstić information content (AvgIpc) is 3.27. The molecule has 0 aliphatic carbocycles. The summed E-state index contributed by atoms with van der Waals surface area (Å²) in [7, 11) is 0. The van der Waals surface area contributed by atoms with Crippen LogP contribution in [0, 0.1) is 0 Å². The molecule has 7 rings (SSSR count). The second-order valence-corrected chi connectivity index (χ2v) is 13.9. The third-order valence-electron chi connectivity index (χ3n) is 10.4. The third-order valence-corrected chi connectivity index (χ3v) is 10.4. The predicted molar refractivity (Wildman–Crippen MR) is 165 cm³/mol.